The Morgan fingerprint density at radius 1 is 1.06 bits per heavy atom. The lowest BCUT2D eigenvalue weighted by Gasteiger charge is -2.29. The Morgan fingerprint density at radius 3 is 2.47 bits per heavy atom. The molecule has 0 unspecified atom stereocenters. The number of hydrogen-bond acceptors (Lipinski definition) is 4. The zero-order valence-corrected chi connectivity index (χ0v) is 11.3. The van der Waals surface area contributed by atoms with Crippen LogP contribution in [0.1, 0.15) is 32.1 Å². The summed E-state index contributed by atoms with van der Waals surface area (Å²) < 4.78 is 16.5. The molecule has 1 aliphatic rings. The first-order chi connectivity index (χ1) is 8.33. The quantitative estimate of drug-likeness (QED) is 0.593. The topological polar surface area (TPSA) is 39.7 Å². The molecule has 0 atom stereocenters. The van der Waals surface area contributed by atoms with Gasteiger partial charge >= 0.3 is 0 Å². The molecule has 0 radical (unpaired) electrons. The van der Waals surface area contributed by atoms with Crippen LogP contribution in [0.15, 0.2) is 0 Å². The van der Waals surface area contributed by atoms with Crippen molar-refractivity contribution in [3.8, 4) is 0 Å². The first-order valence-corrected chi connectivity index (χ1v) is 6.68. The summed E-state index contributed by atoms with van der Waals surface area (Å²) in [5.41, 5.74) is 0.0740. The Labute approximate surface area is 105 Å². The van der Waals surface area contributed by atoms with Crippen LogP contribution in [0.4, 0.5) is 0 Å². The minimum atomic E-state index is 0.0740. The summed E-state index contributed by atoms with van der Waals surface area (Å²) in [6, 6.07) is 0. The van der Waals surface area contributed by atoms with Crippen LogP contribution in [-0.2, 0) is 14.2 Å². The highest BCUT2D eigenvalue weighted by Gasteiger charge is 2.33. The van der Waals surface area contributed by atoms with Crippen LogP contribution in [0.2, 0.25) is 0 Å². The van der Waals surface area contributed by atoms with Gasteiger partial charge in [0.2, 0.25) is 0 Å². The highest BCUT2D eigenvalue weighted by Crippen LogP contribution is 2.32. The minimum Gasteiger partial charge on any atom is -0.385 e. The summed E-state index contributed by atoms with van der Waals surface area (Å²) >= 11 is 0. The summed E-state index contributed by atoms with van der Waals surface area (Å²) in [6.45, 7) is 3.88. The van der Waals surface area contributed by atoms with Crippen molar-refractivity contribution in [2.75, 3.05) is 47.1 Å². The second-order valence-corrected chi connectivity index (χ2v) is 4.73. The molecule has 0 spiro atoms. The Hall–Kier alpha value is -0.160. The van der Waals surface area contributed by atoms with E-state index in [0.717, 1.165) is 26.2 Å². The van der Waals surface area contributed by atoms with E-state index >= 15 is 0 Å². The molecule has 1 fully saturated rings. The first kappa shape index (κ1) is 14.9. The maximum Gasteiger partial charge on any atom is 0.0807 e. The fourth-order valence-electron chi connectivity index (χ4n) is 2.44. The molecule has 0 saturated heterocycles. The van der Waals surface area contributed by atoms with Gasteiger partial charge in [-0.1, -0.05) is 12.8 Å². The molecule has 0 bridgehead atoms. The Morgan fingerprint density at radius 2 is 1.82 bits per heavy atom. The molecule has 1 rings (SSSR count). The molecular formula is C13H27NO3. The predicted molar refractivity (Wildman–Crippen MR) is 68.4 cm³/mol. The average molecular weight is 245 g/mol. The van der Waals surface area contributed by atoms with E-state index in [1.54, 1.807) is 7.11 Å². The lowest BCUT2D eigenvalue weighted by Crippen LogP contribution is -2.40. The van der Waals surface area contributed by atoms with Gasteiger partial charge in [0.15, 0.2) is 0 Å². The van der Waals surface area contributed by atoms with Gasteiger partial charge in [0.25, 0.3) is 0 Å². The average Bonchev–Trinajstić information content (AvgIpc) is 2.77. The smallest absolute Gasteiger partial charge is 0.0807 e. The van der Waals surface area contributed by atoms with Gasteiger partial charge < -0.3 is 19.5 Å². The van der Waals surface area contributed by atoms with E-state index in [1.807, 2.05) is 7.05 Å². The van der Waals surface area contributed by atoms with Crippen LogP contribution in [0.25, 0.3) is 0 Å². The molecule has 0 heterocycles. The second kappa shape index (κ2) is 8.86. The van der Waals surface area contributed by atoms with E-state index in [4.69, 9.17) is 14.2 Å². The zero-order chi connectivity index (χ0) is 12.4. The maximum absolute atomic E-state index is 6.02. The van der Waals surface area contributed by atoms with Gasteiger partial charge in [-0.3, -0.25) is 0 Å². The molecule has 102 valence electrons. The monoisotopic (exact) mass is 245 g/mol. The van der Waals surface area contributed by atoms with Crippen molar-refractivity contribution in [3.63, 3.8) is 0 Å². The van der Waals surface area contributed by atoms with E-state index in [0.29, 0.717) is 13.2 Å². The molecule has 4 heteroatoms. The maximum atomic E-state index is 6.02. The standard InChI is InChI=1S/C13H27NO3/c1-14-12-13(6-3-4-7-13)17-11-10-16-9-5-8-15-2/h14H,3-12H2,1-2H3. The highest BCUT2D eigenvalue weighted by molar-refractivity contribution is 4.88. The lowest BCUT2D eigenvalue weighted by atomic mass is 10.0. The van der Waals surface area contributed by atoms with E-state index in [2.05, 4.69) is 5.32 Å². The number of likely N-dealkylation sites (N-methyl/N-ethyl adjacent to an activating group) is 1. The van der Waals surface area contributed by atoms with Crippen LogP contribution in [0.3, 0.4) is 0 Å². The first-order valence-electron chi connectivity index (χ1n) is 6.68. The Balaban J connectivity index is 2.03. The molecule has 1 aliphatic carbocycles. The predicted octanol–water partition coefficient (Wildman–Crippen LogP) is 1.59. The molecule has 0 amide bonds. The van der Waals surface area contributed by atoms with Crippen molar-refractivity contribution in [3.05, 3.63) is 0 Å². The zero-order valence-electron chi connectivity index (χ0n) is 11.3. The molecule has 0 aromatic carbocycles. The van der Waals surface area contributed by atoms with Crippen molar-refractivity contribution < 1.29 is 14.2 Å². The van der Waals surface area contributed by atoms with E-state index < -0.39 is 0 Å². The van der Waals surface area contributed by atoms with Gasteiger partial charge in [0.05, 0.1) is 18.8 Å². The molecule has 1 N–H and O–H groups in total. The fourth-order valence-corrected chi connectivity index (χ4v) is 2.44. The van der Waals surface area contributed by atoms with Crippen LogP contribution in [0.5, 0.6) is 0 Å². The van der Waals surface area contributed by atoms with Crippen molar-refractivity contribution in [2.45, 2.75) is 37.7 Å². The van der Waals surface area contributed by atoms with Gasteiger partial charge in [-0.2, -0.15) is 0 Å². The van der Waals surface area contributed by atoms with Crippen LogP contribution >= 0.6 is 0 Å². The largest absolute Gasteiger partial charge is 0.385 e. The van der Waals surface area contributed by atoms with Crippen LogP contribution in [0, 0.1) is 0 Å². The van der Waals surface area contributed by atoms with Crippen molar-refractivity contribution in [1.29, 1.82) is 0 Å². The van der Waals surface area contributed by atoms with Gasteiger partial charge in [0.1, 0.15) is 0 Å². The van der Waals surface area contributed by atoms with Crippen molar-refractivity contribution in [1.82, 2.24) is 5.32 Å². The van der Waals surface area contributed by atoms with Crippen molar-refractivity contribution >= 4 is 0 Å². The van der Waals surface area contributed by atoms with E-state index in [-0.39, 0.29) is 5.60 Å². The number of rotatable bonds is 10. The van der Waals surface area contributed by atoms with Gasteiger partial charge in [-0.25, -0.2) is 0 Å². The minimum absolute atomic E-state index is 0.0740. The van der Waals surface area contributed by atoms with Crippen LogP contribution < -0.4 is 5.32 Å². The SMILES string of the molecule is CNCC1(OCCOCCCOC)CCCC1. The van der Waals surface area contributed by atoms with E-state index in [1.165, 1.54) is 25.7 Å². The number of ether oxygens (including phenoxy) is 3. The molecular weight excluding hydrogens is 218 g/mol. The number of hydrogen-bond donors (Lipinski definition) is 1. The van der Waals surface area contributed by atoms with Gasteiger partial charge in [-0.15, -0.1) is 0 Å². The number of methoxy groups -OCH3 is 1. The summed E-state index contributed by atoms with van der Waals surface area (Å²) in [7, 11) is 3.70. The number of nitrogens with one attached hydrogen (secondary N) is 1. The summed E-state index contributed by atoms with van der Waals surface area (Å²) in [5, 5.41) is 3.24. The van der Waals surface area contributed by atoms with Gasteiger partial charge in [0, 0.05) is 26.9 Å². The molecule has 0 aromatic heterocycles. The fraction of sp³-hybridized carbons (Fsp3) is 1.00. The third-order valence-electron chi connectivity index (χ3n) is 3.29. The normalized spacial score (nSPS) is 18.7. The Bertz CT molecular complexity index is 182. The summed E-state index contributed by atoms with van der Waals surface area (Å²) in [4.78, 5) is 0. The summed E-state index contributed by atoms with van der Waals surface area (Å²) in [6.07, 6.45) is 5.89. The molecule has 0 aliphatic heterocycles. The second-order valence-electron chi connectivity index (χ2n) is 4.73. The van der Waals surface area contributed by atoms with E-state index in [9.17, 15) is 0 Å². The Kier molecular flexibility index (Phi) is 7.77. The highest BCUT2D eigenvalue weighted by atomic mass is 16.5. The van der Waals surface area contributed by atoms with Crippen LogP contribution in [-0.4, -0.2) is 52.7 Å². The third-order valence-corrected chi connectivity index (χ3v) is 3.29. The molecule has 4 nitrogen and oxygen atoms in total. The third kappa shape index (κ3) is 5.82. The lowest BCUT2D eigenvalue weighted by molar-refractivity contribution is -0.0626. The molecule has 17 heavy (non-hydrogen) atoms. The molecule has 0 aromatic rings. The van der Waals surface area contributed by atoms with Gasteiger partial charge in [-0.05, 0) is 26.3 Å². The molecule has 1 saturated carbocycles. The summed E-state index contributed by atoms with van der Waals surface area (Å²) in [5.74, 6) is 0. The van der Waals surface area contributed by atoms with Crippen molar-refractivity contribution in [2.24, 2.45) is 0 Å².